The number of nitrogens with two attached hydrogens (primary N) is 2. The molecule has 0 aromatic heterocycles. The lowest BCUT2D eigenvalue weighted by Crippen LogP contribution is -2.54. The van der Waals surface area contributed by atoms with E-state index in [1.54, 1.807) is 13.8 Å². The Morgan fingerprint density at radius 3 is 2.18 bits per heavy atom. The summed E-state index contributed by atoms with van der Waals surface area (Å²) in [7, 11) is 0. The molecule has 0 bridgehead atoms. The fourth-order valence-corrected chi connectivity index (χ4v) is 1.75. The molecule has 0 aliphatic carbocycles. The van der Waals surface area contributed by atoms with E-state index in [1.807, 2.05) is 0 Å². The Morgan fingerprint density at radius 2 is 1.77 bits per heavy atom. The summed E-state index contributed by atoms with van der Waals surface area (Å²) in [6.07, 6.45) is 0.405. The zero-order valence-corrected chi connectivity index (χ0v) is 12.8. The van der Waals surface area contributed by atoms with E-state index in [4.69, 9.17) is 16.6 Å². The number of carboxylic acid groups (broad SMARTS) is 1. The first-order valence-electron chi connectivity index (χ1n) is 7.03. The van der Waals surface area contributed by atoms with Gasteiger partial charge in [-0.1, -0.05) is 20.3 Å². The van der Waals surface area contributed by atoms with Crippen LogP contribution >= 0.6 is 0 Å². The third-order valence-electron chi connectivity index (χ3n) is 3.29. The van der Waals surface area contributed by atoms with E-state index in [-0.39, 0.29) is 25.3 Å². The summed E-state index contributed by atoms with van der Waals surface area (Å²) in [5.41, 5.74) is 10.2. The van der Waals surface area contributed by atoms with Crippen molar-refractivity contribution in [3.63, 3.8) is 0 Å². The van der Waals surface area contributed by atoms with E-state index in [0.29, 0.717) is 6.42 Å². The molecule has 0 rings (SSSR count). The number of primary amides is 1. The maximum Gasteiger partial charge on any atom is 0.326 e. The Balaban J connectivity index is 4.94. The molecule has 9 nitrogen and oxygen atoms in total. The molecule has 0 fully saturated rings. The summed E-state index contributed by atoms with van der Waals surface area (Å²) >= 11 is 0. The van der Waals surface area contributed by atoms with Crippen LogP contribution in [0.4, 0.5) is 0 Å². The highest BCUT2D eigenvalue weighted by Gasteiger charge is 2.29. The van der Waals surface area contributed by atoms with Crippen molar-refractivity contribution in [1.82, 2.24) is 10.6 Å². The number of aliphatic carboxylic acids is 1. The van der Waals surface area contributed by atoms with E-state index in [2.05, 4.69) is 10.6 Å². The lowest BCUT2D eigenvalue weighted by molar-refractivity contribution is -0.143. The second-order valence-corrected chi connectivity index (χ2v) is 5.04. The fourth-order valence-electron chi connectivity index (χ4n) is 1.75. The molecule has 0 saturated carbocycles. The number of carbonyl (C=O) groups is 4. The van der Waals surface area contributed by atoms with Gasteiger partial charge in [-0.2, -0.15) is 0 Å². The molecule has 0 aromatic rings. The largest absolute Gasteiger partial charge is 0.480 e. The van der Waals surface area contributed by atoms with Crippen LogP contribution in [0.15, 0.2) is 0 Å². The highest BCUT2D eigenvalue weighted by atomic mass is 16.4. The van der Waals surface area contributed by atoms with E-state index >= 15 is 0 Å². The third kappa shape index (κ3) is 7.02. The van der Waals surface area contributed by atoms with E-state index < -0.39 is 35.8 Å². The molecule has 7 N–H and O–H groups in total. The molecule has 126 valence electrons. The number of carboxylic acids is 1. The van der Waals surface area contributed by atoms with Gasteiger partial charge in [0.2, 0.25) is 17.7 Å². The minimum absolute atomic E-state index is 0.0280. The van der Waals surface area contributed by atoms with Gasteiger partial charge in [0.15, 0.2) is 0 Å². The highest BCUT2D eigenvalue weighted by Crippen LogP contribution is 2.09. The standard InChI is InChI=1S/C13H24N4O5/c1-3-7(2)11(13(21)22)17-12(20)8(4-5-9(15)18)16-10(19)6-14/h7-8,11H,3-6,14H2,1-2H3,(H2,15,18)(H,16,19)(H,17,20)(H,21,22)/t7-,8-,11-/m0/s1. The number of amides is 3. The van der Waals surface area contributed by atoms with Crippen LogP contribution in [0.2, 0.25) is 0 Å². The van der Waals surface area contributed by atoms with Crippen molar-refractivity contribution in [3.8, 4) is 0 Å². The van der Waals surface area contributed by atoms with Gasteiger partial charge in [-0.15, -0.1) is 0 Å². The van der Waals surface area contributed by atoms with Crippen molar-refractivity contribution in [1.29, 1.82) is 0 Å². The van der Waals surface area contributed by atoms with Crippen molar-refractivity contribution < 1.29 is 24.3 Å². The lowest BCUT2D eigenvalue weighted by Gasteiger charge is -2.24. The topological polar surface area (TPSA) is 165 Å². The van der Waals surface area contributed by atoms with Crippen molar-refractivity contribution in [2.24, 2.45) is 17.4 Å². The third-order valence-corrected chi connectivity index (χ3v) is 3.29. The summed E-state index contributed by atoms with van der Waals surface area (Å²) in [5.74, 6) is -3.35. The van der Waals surface area contributed by atoms with Gasteiger partial charge in [0, 0.05) is 6.42 Å². The van der Waals surface area contributed by atoms with Gasteiger partial charge in [-0.05, 0) is 12.3 Å². The predicted molar refractivity (Wildman–Crippen MR) is 78.4 cm³/mol. The molecule has 9 heteroatoms. The Labute approximate surface area is 128 Å². The van der Waals surface area contributed by atoms with Crippen LogP contribution in [0.3, 0.4) is 0 Å². The first kappa shape index (κ1) is 19.8. The molecule has 0 aromatic carbocycles. The van der Waals surface area contributed by atoms with E-state index in [9.17, 15) is 19.2 Å². The molecular formula is C13H24N4O5. The fraction of sp³-hybridized carbons (Fsp3) is 0.692. The van der Waals surface area contributed by atoms with Crippen molar-refractivity contribution in [2.75, 3.05) is 6.54 Å². The van der Waals surface area contributed by atoms with Crippen LogP contribution < -0.4 is 22.1 Å². The monoisotopic (exact) mass is 316 g/mol. The summed E-state index contributed by atoms with van der Waals surface area (Å²) in [6.45, 7) is 3.16. The second-order valence-electron chi connectivity index (χ2n) is 5.04. The van der Waals surface area contributed by atoms with Crippen LogP contribution in [0.1, 0.15) is 33.1 Å². The Morgan fingerprint density at radius 1 is 1.18 bits per heavy atom. The van der Waals surface area contributed by atoms with Gasteiger partial charge in [0.25, 0.3) is 0 Å². The summed E-state index contributed by atoms with van der Waals surface area (Å²) in [4.78, 5) is 45.5. The van der Waals surface area contributed by atoms with Crippen LogP contribution in [0.25, 0.3) is 0 Å². The lowest BCUT2D eigenvalue weighted by atomic mass is 9.98. The summed E-state index contributed by atoms with van der Waals surface area (Å²) in [5, 5.41) is 13.9. The molecule has 0 saturated heterocycles. The van der Waals surface area contributed by atoms with Crippen LogP contribution in [0.5, 0.6) is 0 Å². The zero-order valence-electron chi connectivity index (χ0n) is 12.8. The predicted octanol–water partition coefficient (Wildman–Crippen LogP) is -1.69. The number of rotatable bonds is 10. The first-order valence-corrected chi connectivity index (χ1v) is 7.03. The van der Waals surface area contributed by atoms with E-state index in [1.165, 1.54) is 0 Å². The van der Waals surface area contributed by atoms with E-state index in [0.717, 1.165) is 0 Å². The molecule has 0 heterocycles. The average Bonchev–Trinajstić information content (AvgIpc) is 2.46. The molecule has 3 atom stereocenters. The van der Waals surface area contributed by atoms with Gasteiger partial charge in [-0.25, -0.2) is 4.79 Å². The van der Waals surface area contributed by atoms with Crippen molar-refractivity contribution in [3.05, 3.63) is 0 Å². The van der Waals surface area contributed by atoms with Crippen LogP contribution in [0, 0.1) is 5.92 Å². The maximum absolute atomic E-state index is 12.2. The molecule has 0 aliphatic heterocycles. The first-order chi connectivity index (χ1) is 10.2. The molecule has 3 amide bonds. The van der Waals surface area contributed by atoms with Gasteiger partial charge in [-0.3, -0.25) is 14.4 Å². The molecule has 0 radical (unpaired) electrons. The highest BCUT2D eigenvalue weighted by molar-refractivity contribution is 5.91. The van der Waals surface area contributed by atoms with Gasteiger partial charge < -0.3 is 27.2 Å². The molecule has 22 heavy (non-hydrogen) atoms. The van der Waals surface area contributed by atoms with Crippen LogP contribution in [-0.4, -0.2) is 47.4 Å². The smallest absolute Gasteiger partial charge is 0.326 e. The average molecular weight is 316 g/mol. The summed E-state index contributed by atoms with van der Waals surface area (Å²) < 4.78 is 0. The number of nitrogens with one attached hydrogen (secondary N) is 2. The minimum Gasteiger partial charge on any atom is -0.480 e. The summed E-state index contributed by atoms with van der Waals surface area (Å²) in [6, 6.07) is -2.14. The molecule has 0 unspecified atom stereocenters. The number of hydrogen-bond donors (Lipinski definition) is 5. The van der Waals surface area contributed by atoms with Gasteiger partial charge in [0.1, 0.15) is 12.1 Å². The second kappa shape index (κ2) is 9.72. The number of hydrogen-bond acceptors (Lipinski definition) is 5. The van der Waals surface area contributed by atoms with Gasteiger partial charge in [0.05, 0.1) is 6.54 Å². The van der Waals surface area contributed by atoms with Crippen molar-refractivity contribution in [2.45, 2.75) is 45.2 Å². The Hall–Kier alpha value is -2.16. The quantitative estimate of drug-likeness (QED) is 0.322. The Bertz CT molecular complexity index is 427. The van der Waals surface area contributed by atoms with Crippen molar-refractivity contribution >= 4 is 23.7 Å². The normalized spacial score (nSPS) is 14.5. The minimum atomic E-state index is -1.17. The molecular weight excluding hydrogens is 292 g/mol. The number of carbonyl (C=O) groups excluding carboxylic acids is 3. The van der Waals surface area contributed by atoms with Gasteiger partial charge >= 0.3 is 5.97 Å². The maximum atomic E-state index is 12.2. The SMILES string of the molecule is CC[C@H](C)[C@H](NC(=O)[C@H](CCC(N)=O)NC(=O)CN)C(=O)O. The Kier molecular flexibility index (Phi) is 8.76. The molecule has 0 aliphatic rings. The van der Waals surface area contributed by atoms with Crippen LogP contribution in [-0.2, 0) is 19.2 Å². The molecule has 0 spiro atoms. The zero-order chi connectivity index (χ0) is 17.3.